The summed E-state index contributed by atoms with van der Waals surface area (Å²) in [6, 6.07) is 4.76. The van der Waals surface area contributed by atoms with E-state index in [2.05, 4.69) is 0 Å². The molecular weight excluding hydrogens is 310 g/mol. The number of aryl methyl sites for hydroxylation is 2. The molecule has 1 aliphatic carbocycles. The predicted molar refractivity (Wildman–Crippen MR) is 74.9 cm³/mol. The number of nitrogens with two attached hydrogens (primary N) is 1. The SMILES string of the molecule is Cl.NCC(F)(F)CNS(=O)(=O)c1ccc2c(c1)CCC2. The van der Waals surface area contributed by atoms with Crippen molar-refractivity contribution in [3.05, 3.63) is 29.3 Å². The van der Waals surface area contributed by atoms with Gasteiger partial charge in [-0.15, -0.1) is 12.4 Å². The van der Waals surface area contributed by atoms with E-state index in [1.54, 1.807) is 12.1 Å². The monoisotopic (exact) mass is 326 g/mol. The van der Waals surface area contributed by atoms with E-state index in [1.807, 2.05) is 4.72 Å². The van der Waals surface area contributed by atoms with Crippen molar-refractivity contribution in [2.75, 3.05) is 13.1 Å². The maximum Gasteiger partial charge on any atom is 0.273 e. The van der Waals surface area contributed by atoms with Gasteiger partial charge >= 0.3 is 0 Å². The molecular formula is C12H17ClF2N2O2S. The van der Waals surface area contributed by atoms with Gasteiger partial charge in [-0.2, -0.15) is 0 Å². The number of benzene rings is 1. The Morgan fingerprint density at radius 2 is 1.90 bits per heavy atom. The molecule has 0 saturated carbocycles. The summed E-state index contributed by atoms with van der Waals surface area (Å²) in [5.74, 6) is -3.23. The van der Waals surface area contributed by atoms with Crippen molar-refractivity contribution >= 4 is 22.4 Å². The number of nitrogens with one attached hydrogen (secondary N) is 1. The van der Waals surface area contributed by atoms with E-state index in [4.69, 9.17) is 5.73 Å². The van der Waals surface area contributed by atoms with Gasteiger partial charge in [-0.05, 0) is 42.5 Å². The minimum absolute atomic E-state index is 0. The van der Waals surface area contributed by atoms with Gasteiger partial charge in [-0.1, -0.05) is 6.07 Å². The van der Waals surface area contributed by atoms with Crippen molar-refractivity contribution in [1.29, 1.82) is 0 Å². The van der Waals surface area contributed by atoms with Crippen LogP contribution in [0.5, 0.6) is 0 Å². The summed E-state index contributed by atoms with van der Waals surface area (Å²) in [6.45, 7) is -1.87. The minimum Gasteiger partial charge on any atom is -0.325 e. The Bertz CT molecular complexity index is 579. The van der Waals surface area contributed by atoms with Crippen molar-refractivity contribution < 1.29 is 17.2 Å². The molecule has 0 saturated heterocycles. The van der Waals surface area contributed by atoms with Gasteiger partial charge in [0.2, 0.25) is 10.0 Å². The van der Waals surface area contributed by atoms with E-state index in [1.165, 1.54) is 6.07 Å². The topological polar surface area (TPSA) is 72.2 Å². The van der Waals surface area contributed by atoms with Crippen molar-refractivity contribution in [1.82, 2.24) is 4.72 Å². The van der Waals surface area contributed by atoms with Crippen LogP contribution >= 0.6 is 12.4 Å². The van der Waals surface area contributed by atoms with Gasteiger partial charge in [0.05, 0.1) is 18.0 Å². The van der Waals surface area contributed by atoms with E-state index in [0.717, 1.165) is 30.4 Å². The van der Waals surface area contributed by atoms with Crippen molar-refractivity contribution in [3.8, 4) is 0 Å². The van der Waals surface area contributed by atoms with Crippen LogP contribution in [0.25, 0.3) is 0 Å². The lowest BCUT2D eigenvalue weighted by Gasteiger charge is -2.15. The van der Waals surface area contributed by atoms with Crippen LogP contribution in [0.2, 0.25) is 0 Å². The second-order valence-corrected chi connectivity index (χ2v) is 6.44. The fourth-order valence-corrected chi connectivity index (χ4v) is 3.18. The van der Waals surface area contributed by atoms with Gasteiger partial charge in [0.25, 0.3) is 5.92 Å². The van der Waals surface area contributed by atoms with Crippen LogP contribution in [0.4, 0.5) is 8.78 Å². The second kappa shape index (κ2) is 6.34. The average molecular weight is 327 g/mol. The molecule has 0 fully saturated rings. The first-order valence-corrected chi connectivity index (χ1v) is 7.52. The first-order valence-electron chi connectivity index (χ1n) is 6.03. The fourth-order valence-electron chi connectivity index (χ4n) is 2.07. The quantitative estimate of drug-likeness (QED) is 0.860. The summed E-state index contributed by atoms with van der Waals surface area (Å²) >= 11 is 0. The van der Waals surface area contributed by atoms with E-state index in [-0.39, 0.29) is 17.3 Å². The Balaban J connectivity index is 0.00000200. The van der Waals surface area contributed by atoms with Gasteiger partial charge < -0.3 is 5.73 Å². The van der Waals surface area contributed by atoms with Gasteiger partial charge in [-0.25, -0.2) is 21.9 Å². The third-order valence-corrected chi connectivity index (χ3v) is 4.60. The highest BCUT2D eigenvalue weighted by Gasteiger charge is 2.29. The summed E-state index contributed by atoms with van der Waals surface area (Å²) in [6.07, 6.45) is 2.77. The lowest BCUT2D eigenvalue weighted by molar-refractivity contribution is 0.0170. The van der Waals surface area contributed by atoms with Gasteiger partial charge in [-0.3, -0.25) is 0 Å². The normalized spacial score (nSPS) is 14.8. The molecule has 0 aliphatic heterocycles. The van der Waals surface area contributed by atoms with Crippen LogP contribution in [0, 0.1) is 0 Å². The van der Waals surface area contributed by atoms with Gasteiger partial charge in [0.15, 0.2) is 0 Å². The lowest BCUT2D eigenvalue weighted by atomic mass is 10.1. The van der Waals surface area contributed by atoms with Crippen LogP contribution in [0.15, 0.2) is 23.1 Å². The average Bonchev–Trinajstić information content (AvgIpc) is 2.84. The molecule has 0 unspecified atom stereocenters. The molecule has 1 aromatic carbocycles. The van der Waals surface area contributed by atoms with E-state index < -0.39 is 29.0 Å². The molecule has 8 heteroatoms. The zero-order chi connectivity index (χ0) is 14.1. The number of hydrogen-bond acceptors (Lipinski definition) is 3. The first kappa shape index (κ1) is 17.3. The second-order valence-electron chi connectivity index (χ2n) is 4.67. The van der Waals surface area contributed by atoms with E-state index in [9.17, 15) is 17.2 Å². The van der Waals surface area contributed by atoms with Gasteiger partial charge in [0.1, 0.15) is 0 Å². The standard InChI is InChI=1S/C12H16F2N2O2S.ClH/c13-12(14,7-15)8-16-19(17,18)11-5-4-9-2-1-3-10(9)6-11;/h4-6,16H,1-3,7-8,15H2;1H. The third-order valence-electron chi connectivity index (χ3n) is 3.20. The Kier molecular flexibility index (Phi) is 5.48. The number of fused-ring (bicyclic) bond motifs is 1. The summed E-state index contributed by atoms with van der Waals surface area (Å²) in [4.78, 5) is 0.0287. The molecule has 4 nitrogen and oxygen atoms in total. The smallest absolute Gasteiger partial charge is 0.273 e. The van der Waals surface area contributed by atoms with Crippen LogP contribution < -0.4 is 10.5 Å². The van der Waals surface area contributed by atoms with Crippen LogP contribution in [0.1, 0.15) is 17.5 Å². The molecule has 0 atom stereocenters. The number of alkyl halides is 2. The Hall–Kier alpha value is -0.760. The zero-order valence-electron chi connectivity index (χ0n) is 10.7. The molecule has 20 heavy (non-hydrogen) atoms. The largest absolute Gasteiger partial charge is 0.325 e. The molecule has 3 N–H and O–H groups in total. The molecule has 1 aliphatic rings. The molecule has 0 radical (unpaired) electrons. The highest BCUT2D eigenvalue weighted by atomic mass is 35.5. The van der Waals surface area contributed by atoms with E-state index in [0.29, 0.717) is 0 Å². The van der Waals surface area contributed by atoms with Crippen LogP contribution in [-0.4, -0.2) is 27.4 Å². The zero-order valence-corrected chi connectivity index (χ0v) is 12.4. The van der Waals surface area contributed by atoms with Crippen molar-refractivity contribution in [2.45, 2.75) is 30.1 Å². The Morgan fingerprint density at radius 3 is 2.55 bits per heavy atom. The predicted octanol–water partition coefficient (Wildman–Crippen LogP) is 1.47. The number of rotatable bonds is 5. The fraction of sp³-hybridized carbons (Fsp3) is 0.500. The highest BCUT2D eigenvalue weighted by molar-refractivity contribution is 7.89. The number of hydrogen-bond donors (Lipinski definition) is 2. The first-order chi connectivity index (χ1) is 8.84. The molecule has 0 aromatic heterocycles. The lowest BCUT2D eigenvalue weighted by Crippen LogP contribution is -2.41. The maximum absolute atomic E-state index is 13.0. The number of halogens is 3. The summed E-state index contributed by atoms with van der Waals surface area (Å²) < 4.78 is 51.7. The molecule has 0 bridgehead atoms. The highest BCUT2D eigenvalue weighted by Crippen LogP contribution is 2.24. The Morgan fingerprint density at radius 1 is 1.25 bits per heavy atom. The van der Waals surface area contributed by atoms with E-state index >= 15 is 0 Å². The molecule has 0 heterocycles. The third kappa shape index (κ3) is 3.88. The molecule has 0 spiro atoms. The van der Waals surface area contributed by atoms with Crippen LogP contribution in [-0.2, 0) is 22.9 Å². The Labute approximate surface area is 123 Å². The summed E-state index contributed by atoms with van der Waals surface area (Å²) in [5.41, 5.74) is 6.97. The van der Waals surface area contributed by atoms with Crippen LogP contribution in [0.3, 0.4) is 0 Å². The van der Waals surface area contributed by atoms with Gasteiger partial charge in [0, 0.05) is 0 Å². The molecule has 2 rings (SSSR count). The number of sulfonamides is 1. The van der Waals surface area contributed by atoms with Crippen molar-refractivity contribution in [3.63, 3.8) is 0 Å². The minimum atomic E-state index is -3.91. The molecule has 114 valence electrons. The summed E-state index contributed by atoms with van der Waals surface area (Å²) in [7, 11) is -3.91. The molecule has 1 aromatic rings. The maximum atomic E-state index is 13.0. The van der Waals surface area contributed by atoms with Crippen molar-refractivity contribution in [2.24, 2.45) is 5.73 Å². The summed E-state index contributed by atoms with van der Waals surface area (Å²) in [5, 5.41) is 0. The molecule has 0 amide bonds.